The van der Waals surface area contributed by atoms with Crippen molar-refractivity contribution >= 4 is 30.2 Å². The second kappa shape index (κ2) is 11.0. The van der Waals surface area contributed by atoms with E-state index in [0.717, 1.165) is 22.6 Å². The zero-order valence-electron chi connectivity index (χ0n) is 17.6. The third-order valence-corrected chi connectivity index (χ3v) is 10.6. The molecule has 0 aliphatic heterocycles. The summed E-state index contributed by atoms with van der Waals surface area (Å²) in [6, 6.07) is 13.5. The highest BCUT2D eigenvalue weighted by atomic mass is 79.9. The first-order valence-electron chi connectivity index (χ1n) is 10.1. The smallest absolute Gasteiger partial charge is 0.255 e. The SMILES string of the molecule is CC[Si](CC)(CC)O[C@H](CN(C)C(=O)c1cncc(Br)c1)[C@@H](F)c1ccccc1. The van der Waals surface area contributed by atoms with Crippen molar-refractivity contribution in [1.29, 1.82) is 0 Å². The minimum Gasteiger partial charge on any atom is -0.409 e. The number of halogens is 2. The molecule has 1 amide bonds. The Morgan fingerprint density at radius 1 is 1.17 bits per heavy atom. The Hall–Kier alpha value is -1.57. The van der Waals surface area contributed by atoms with Gasteiger partial charge in [-0.05, 0) is 45.7 Å². The van der Waals surface area contributed by atoms with Crippen molar-refractivity contribution in [1.82, 2.24) is 9.88 Å². The van der Waals surface area contributed by atoms with Crippen LogP contribution in [0.15, 0.2) is 53.3 Å². The molecule has 0 fully saturated rings. The van der Waals surface area contributed by atoms with Crippen LogP contribution < -0.4 is 0 Å². The first-order chi connectivity index (χ1) is 13.9. The van der Waals surface area contributed by atoms with Crippen molar-refractivity contribution in [3.05, 3.63) is 64.4 Å². The van der Waals surface area contributed by atoms with Crippen molar-refractivity contribution in [3.8, 4) is 0 Å². The third-order valence-electron chi connectivity index (χ3n) is 5.53. The Kier molecular flexibility index (Phi) is 8.98. The van der Waals surface area contributed by atoms with Gasteiger partial charge in [-0.3, -0.25) is 9.78 Å². The zero-order valence-corrected chi connectivity index (χ0v) is 20.2. The quantitative estimate of drug-likeness (QED) is 0.390. The lowest BCUT2D eigenvalue weighted by atomic mass is 10.1. The summed E-state index contributed by atoms with van der Waals surface area (Å²) in [5.74, 6) is -0.204. The Balaban J connectivity index is 2.27. The van der Waals surface area contributed by atoms with E-state index in [4.69, 9.17) is 4.43 Å². The standard InChI is InChI=1S/C22H30BrFN2O2Si/c1-5-29(6-2,7-3)28-20(21(24)17-11-9-8-10-12-17)16-26(4)22(27)18-13-19(23)15-25-14-18/h8-15,20-21H,5-7,16H2,1-4H3/t20-,21+/m1/s1. The highest BCUT2D eigenvalue weighted by Crippen LogP contribution is 2.31. The molecule has 0 radical (unpaired) electrons. The molecular weight excluding hydrogens is 451 g/mol. The number of alkyl halides is 1. The van der Waals surface area contributed by atoms with Crippen LogP contribution in [0.5, 0.6) is 0 Å². The number of nitrogens with zero attached hydrogens (tertiary/aromatic N) is 2. The van der Waals surface area contributed by atoms with Crippen molar-refractivity contribution in [2.75, 3.05) is 13.6 Å². The van der Waals surface area contributed by atoms with E-state index < -0.39 is 20.6 Å². The molecule has 2 atom stereocenters. The zero-order chi connectivity index (χ0) is 21.4. The lowest BCUT2D eigenvalue weighted by Gasteiger charge is -2.36. The molecule has 158 valence electrons. The molecule has 1 aromatic carbocycles. The number of hydrogen-bond donors (Lipinski definition) is 0. The third kappa shape index (κ3) is 6.20. The predicted octanol–water partition coefficient (Wildman–Crippen LogP) is 6.02. The number of pyridine rings is 1. The van der Waals surface area contributed by atoms with Gasteiger partial charge in [0.1, 0.15) is 0 Å². The van der Waals surface area contributed by atoms with Crippen molar-refractivity contribution in [3.63, 3.8) is 0 Å². The van der Waals surface area contributed by atoms with Crippen LogP contribution in [-0.2, 0) is 4.43 Å². The van der Waals surface area contributed by atoms with Crippen LogP contribution in [0, 0.1) is 0 Å². The summed E-state index contributed by atoms with van der Waals surface area (Å²) in [5, 5.41) is 0. The van der Waals surface area contributed by atoms with Gasteiger partial charge in [0.05, 0.1) is 11.7 Å². The molecule has 4 nitrogen and oxygen atoms in total. The van der Waals surface area contributed by atoms with Crippen molar-refractivity contribution in [2.45, 2.75) is 51.2 Å². The minimum atomic E-state index is -2.06. The van der Waals surface area contributed by atoms with E-state index in [9.17, 15) is 4.79 Å². The highest BCUT2D eigenvalue weighted by molar-refractivity contribution is 9.10. The molecule has 0 aliphatic carbocycles. The lowest BCUT2D eigenvalue weighted by Crippen LogP contribution is -2.46. The van der Waals surface area contributed by atoms with Crippen LogP contribution in [-0.4, -0.2) is 43.8 Å². The molecular formula is C22H30BrFN2O2Si. The summed E-state index contributed by atoms with van der Waals surface area (Å²) in [4.78, 5) is 18.5. The molecule has 0 N–H and O–H groups in total. The summed E-state index contributed by atoms with van der Waals surface area (Å²) in [7, 11) is -0.379. The van der Waals surface area contributed by atoms with Gasteiger partial charge in [-0.2, -0.15) is 0 Å². The van der Waals surface area contributed by atoms with Crippen LogP contribution in [0.4, 0.5) is 4.39 Å². The number of rotatable bonds is 10. The van der Waals surface area contributed by atoms with Gasteiger partial charge in [-0.1, -0.05) is 51.1 Å². The summed E-state index contributed by atoms with van der Waals surface area (Å²) in [6.07, 6.45) is 1.13. The number of likely N-dealkylation sites (N-methyl/N-ethyl adjacent to an activating group) is 1. The highest BCUT2D eigenvalue weighted by Gasteiger charge is 2.37. The Labute approximate surface area is 182 Å². The van der Waals surface area contributed by atoms with Crippen LogP contribution in [0.3, 0.4) is 0 Å². The van der Waals surface area contributed by atoms with Crippen LogP contribution in [0.1, 0.15) is 42.9 Å². The van der Waals surface area contributed by atoms with Gasteiger partial charge in [-0.25, -0.2) is 4.39 Å². The van der Waals surface area contributed by atoms with Gasteiger partial charge in [0.25, 0.3) is 5.91 Å². The largest absolute Gasteiger partial charge is 0.409 e. The number of aromatic nitrogens is 1. The van der Waals surface area contributed by atoms with E-state index in [1.54, 1.807) is 31.4 Å². The molecule has 0 saturated heterocycles. The van der Waals surface area contributed by atoms with Gasteiger partial charge in [0.15, 0.2) is 14.5 Å². The fourth-order valence-electron chi connectivity index (χ4n) is 3.46. The molecule has 0 unspecified atom stereocenters. The number of amides is 1. The average Bonchev–Trinajstić information content (AvgIpc) is 2.76. The fraction of sp³-hybridized carbons (Fsp3) is 0.455. The molecule has 2 rings (SSSR count). The molecule has 0 spiro atoms. The number of carbonyl (C=O) groups is 1. The monoisotopic (exact) mass is 480 g/mol. The molecule has 29 heavy (non-hydrogen) atoms. The molecule has 7 heteroatoms. The van der Waals surface area contributed by atoms with Crippen LogP contribution >= 0.6 is 15.9 Å². The van der Waals surface area contributed by atoms with E-state index in [1.165, 1.54) is 11.1 Å². The second-order valence-corrected chi connectivity index (χ2v) is 12.9. The predicted molar refractivity (Wildman–Crippen MR) is 121 cm³/mol. The van der Waals surface area contributed by atoms with Gasteiger partial charge < -0.3 is 9.33 Å². The first-order valence-corrected chi connectivity index (χ1v) is 13.4. The maximum absolute atomic E-state index is 15.6. The van der Waals surface area contributed by atoms with Crippen LogP contribution in [0.25, 0.3) is 0 Å². The van der Waals surface area contributed by atoms with Crippen molar-refractivity contribution in [2.24, 2.45) is 0 Å². The lowest BCUT2D eigenvalue weighted by molar-refractivity contribution is 0.0482. The van der Waals surface area contributed by atoms with Crippen LogP contribution in [0.2, 0.25) is 18.1 Å². The second-order valence-electron chi connectivity index (χ2n) is 7.29. The number of benzene rings is 1. The summed E-state index contributed by atoms with van der Waals surface area (Å²) >= 11 is 3.34. The van der Waals surface area contributed by atoms with Gasteiger partial charge in [0, 0.05) is 30.5 Å². The average molecular weight is 481 g/mol. The Morgan fingerprint density at radius 3 is 2.34 bits per heavy atom. The maximum atomic E-state index is 15.6. The van der Waals surface area contributed by atoms with E-state index in [2.05, 4.69) is 41.7 Å². The topological polar surface area (TPSA) is 42.4 Å². The van der Waals surface area contributed by atoms with E-state index >= 15 is 4.39 Å². The molecule has 1 heterocycles. The molecule has 2 aromatic rings. The van der Waals surface area contributed by atoms with E-state index in [-0.39, 0.29) is 12.5 Å². The van der Waals surface area contributed by atoms with Gasteiger partial charge in [0.2, 0.25) is 0 Å². The number of carbonyl (C=O) groups excluding carboxylic acids is 1. The molecule has 0 aliphatic rings. The van der Waals surface area contributed by atoms with Gasteiger partial charge in [-0.15, -0.1) is 0 Å². The first kappa shape index (κ1) is 23.7. The molecule has 0 saturated carbocycles. The maximum Gasteiger partial charge on any atom is 0.255 e. The Bertz CT molecular complexity index is 781. The summed E-state index contributed by atoms with van der Waals surface area (Å²) in [5.41, 5.74) is 1.04. The molecule has 0 bridgehead atoms. The molecule has 1 aromatic heterocycles. The normalized spacial score (nSPS) is 13.7. The summed E-state index contributed by atoms with van der Waals surface area (Å²) in [6.45, 7) is 6.53. The Morgan fingerprint density at radius 2 is 1.79 bits per heavy atom. The van der Waals surface area contributed by atoms with E-state index in [1.807, 2.05) is 18.2 Å². The van der Waals surface area contributed by atoms with Crippen molar-refractivity contribution < 1.29 is 13.6 Å². The number of hydrogen-bond acceptors (Lipinski definition) is 3. The van der Waals surface area contributed by atoms with E-state index in [0.29, 0.717) is 11.1 Å². The van der Waals surface area contributed by atoms with Gasteiger partial charge >= 0.3 is 0 Å². The summed E-state index contributed by atoms with van der Waals surface area (Å²) < 4.78 is 22.8. The minimum absolute atomic E-state index is 0.177. The fourth-order valence-corrected chi connectivity index (χ4v) is 6.67.